The number of amides is 2. The number of imidazole rings is 1. The van der Waals surface area contributed by atoms with Crippen LogP contribution in [-0.4, -0.2) is 59.2 Å². The van der Waals surface area contributed by atoms with Crippen LogP contribution in [-0.2, 0) is 15.9 Å². The van der Waals surface area contributed by atoms with E-state index in [-0.39, 0.29) is 29.9 Å². The molecule has 38 heavy (non-hydrogen) atoms. The van der Waals surface area contributed by atoms with Crippen molar-refractivity contribution < 1.29 is 27.8 Å². The Kier molecular flexibility index (Phi) is 7.06. The van der Waals surface area contributed by atoms with Crippen molar-refractivity contribution in [1.82, 2.24) is 14.3 Å². The summed E-state index contributed by atoms with van der Waals surface area (Å²) in [5.74, 6) is -2.21. The highest BCUT2D eigenvalue weighted by molar-refractivity contribution is 6.04. The second-order valence-electron chi connectivity index (χ2n) is 9.09. The summed E-state index contributed by atoms with van der Waals surface area (Å²) in [7, 11) is 1.31. The minimum absolute atomic E-state index is 0.0110. The number of pyridine rings is 1. The van der Waals surface area contributed by atoms with Crippen LogP contribution in [0.15, 0.2) is 60.8 Å². The van der Waals surface area contributed by atoms with E-state index in [0.29, 0.717) is 30.1 Å². The lowest BCUT2D eigenvalue weighted by Crippen LogP contribution is -2.46. The molecule has 0 radical (unpaired) electrons. The Balaban J connectivity index is 1.51. The number of aryl methyl sites for hydroxylation is 1. The molecule has 1 fully saturated rings. The molecule has 0 aliphatic carbocycles. The second-order valence-corrected chi connectivity index (χ2v) is 9.09. The van der Waals surface area contributed by atoms with Crippen molar-refractivity contribution in [3.8, 4) is 11.3 Å². The number of fused-ring (bicyclic) bond motifs is 1. The number of morpholine rings is 1. The van der Waals surface area contributed by atoms with Crippen molar-refractivity contribution in [3.63, 3.8) is 0 Å². The van der Waals surface area contributed by atoms with Crippen molar-refractivity contribution in [2.24, 2.45) is 0 Å². The molecule has 1 saturated heterocycles. The third-order valence-electron chi connectivity index (χ3n) is 6.45. The maximum absolute atomic E-state index is 15.5. The fraction of sp³-hybridized carbons (Fsp3) is 0.250. The molecule has 8 nitrogen and oxygen atoms in total. The number of nitrogens with one attached hydrogen (secondary N) is 1. The van der Waals surface area contributed by atoms with Gasteiger partial charge in [-0.2, -0.15) is 0 Å². The molecule has 10 heteroatoms. The van der Waals surface area contributed by atoms with Gasteiger partial charge in [-0.3, -0.25) is 4.79 Å². The highest BCUT2D eigenvalue weighted by Crippen LogP contribution is 2.33. The molecule has 2 amide bonds. The summed E-state index contributed by atoms with van der Waals surface area (Å²) in [5.41, 5.74) is 2.18. The molecule has 2 aromatic carbocycles. The first kappa shape index (κ1) is 25.3. The minimum Gasteiger partial charge on any atom is -0.453 e. The number of hydrogen-bond acceptors (Lipinski definition) is 5. The van der Waals surface area contributed by atoms with Crippen LogP contribution < -0.4 is 5.32 Å². The second kappa shape index (κ2) is 10.6. The van der Waals surface area contributed by atoms with Crippen LogP contribution in [0.25, 0.3) is 16.9 Å². The number of hydrogen-bond donors (Lipinski definition) is 1. The fourth-order valence-corrected chi connectivity index (χ4v) is 4.61. The van der Waals surface area contributed by atoms with Gasteiger partial charge in [0.05, 0.1) is 43.3 Å². The molecule has 4 aromatic rings. The standard InChI is InChI=1S/C28H26F2N4O4/c1-17-8-9-34-23(15-20-16-33(10-11-38-20)28(36)37-2)26(32-24(34)12-17)25-21(29)13-19(14-22(25)30)31-27(35)18-6-4-3-5-7-18/h3-9,12-14,20H,10-11,15-16H2,1-2H3,(H,31,35)/t20-/m0/s1. The lowest BCUT2D eigenvalue weighted by molar-refractivity contribution is -0.0241. The lowest BCUT2D eigenvalue weighted by Gasteiger charge is -2.32. The number of benzene rings is 2. The highest BCUT2D eigenvalue weighted by atomic mass is 19.1. The van der Waals surface area contributed by atoms with Crippen LogP contribution in [0.3, 0.4) is 0 Å². The Bertz CT molecular complexity index is 1480. The summed E-state index contributed by atoms with van der Waals surface area (Å²) in [5, 5.41) is 2.54. The van der Waals surface area contributed by atoms with E-state index >= 15 is 8.78 Å². The Labute approximate surface area is 217 Å². The van der Waals surface area contributed by atoms with Crippen molar-refractivity contribution >= 4 is 23.3 Å². The largest absolute Gasteiger partial charge is 0.453 e. The van der Waals surface area contributed by atoms with Gasteiger partial charge in [-0.05, 0) is 48.9 Å². The predicted octanol–water partition coefficient (Wildman–Crippen LogP) is 4.85. The highest BCUT2D eigenvalue weighted by Gasteiger charge is 2.29. The number of carbonyl (C=O) groups excluding carboxylic acids is 2. The first-order chi connectivity index (χ1) is 18.3. The van der Waals surface area contributed by atoms with Gasteiger partial charge in [0.1, 0.15) is 17.3 Å². The monoisotopic (exact) mass is 520 g/mol. The summed E-state index contributed by atoms with van der Waals surface area (Å²) >= 11 is 0. The summed E-state index contributed by atoms with van der Waals surface area (Å²) in [4.78, 5) is 30.6. The van der Waals surface area contributed by atoms with Crippen LogP contribution in [0.5, 0.6) is 0 Å². The Morgan fingerprint density at radius 1 is 1.13 bits per heavy atom. The van der Waals surface area contributed by atoms with Crippen molar-refractivity contribution in [2.45, 2.75) is 19.4 Å². The molecule has 0 bridgehead atoms. The average molecular weight is 521 g/mol. The number of rotatable bonds is 5. The van der Waals surface area contributed by atoms with Gasteiger partial charge >= 0.3 is 6.09 Å². The summed E-state index contributed by atoms with van der Waals surface area (Å²) in [6, 6.07) is 14.2. The predicted molar refractivity (Wildman–Crippen MR) is 137 cm³/mol. The molecular weight excluding hydrogens is 494 g/mol. The van der Waals surface area contributed by atoms with E-state index < -0.39 is 29.7 Å². The van der Waals surface area contributed by atoms with Crippen LogP contribution in [0.2, 0.25) is 0 Å². The van der Waals surface area contributed by atoms with Gasteiger partial charge in [-0.15, -0.1) is 0 Å². The van der Waals surface area contributed by atoms with Crippen molar-refractivity contribution in [1.29, 1.82) is 0 Å². The maximum atomic E-state index is 15.5. The molecule has 0 unspecified atom stereocenters. The zero-order valence-electron chi connectivity index (χ0n) is 20.9. The number of ether oxygens (including phenoxy) is 2. The number of aromatic nitrogens is 2. The molecule has 3 heterocycles. The minimum atomic E-state index is -0.865. The number of halogens is 2. The van der Waals surface area contributed by atoms with E-state index in [2.05, 4.69) is 10.3 Å². The van der Waals surface area contributed by atoms with Gasteiger partial charge in [0.25, 0.3) is 5.91 Å². The Morgan fingerprint density at radius 2 is 1.87 bits per heavy atom. The van der Waals surface area contributed by atoms with E-state index in [1.165, 1.54) is 12.0 Å². The number of methoxy groups -OCH3 is 1. The molecule has 0 saturated carbocycles. The summed E-state index contributed by atoms with van der Waals surface area (Å²) < 4.78 is 43.5. The molecule has 5 rings (SSSR count). The molecule has 1 atom stereocenters. The van der Waals surface area contributed by atoms with Crippen LogP contribution in [0, 0.1) is 18.6 Å². The molecule has 2 aromatic heterocycles. The van der Waals surface area contributed by atoms with Gasteiger partial charge in [0.2, 0.25) is 0 Å². The van der Waals surface area contributed by atoms with Gasteiger partial charge in [0.15, 0.2) is 0 Å². The van der Waals surface area contributed by atoms with E-state index in [0.717, 1.165) is 17.7 Å². The summed E-state index contributed by atoms with van der Waals surface area (Å²) in [6.45, 7) is 2.86. The van der Waals surface area contributed by atoms with Crippen molar-refractivity contribution in [3.05, 3.63) is 89.2 Å². The number of anilines is 1. The number of nitrogens with zero attached hydrogens (tertiary/aromatic N) is 3. The molecule has 1 aliphatic heterocycles. The van der Waals surface area contributed by atoms with Crippen molar-refractivity contribution in [2.75, 3.05) is 32.1 Å². The Morgan fingerprint density at radius 3 is 2.58 bits per heavy atom. The normalized spacial score (nSPS) is 15.5. The molecule has 0 spiro atoms. The molecule has 1 N–H and O–H groups in total. The Hall–Kier alpha value is -4.31. The van der Waals surface area contributed by atoms with Crippen LogP contribution in [0.1, 0.15) is 21.6 Å². The van der Waals surface area contributed by atoms with Crippen LogP contribution in [0.4, 0.5) is 19.3 Å². The van der Waals surface area contributed by atoms with Gasteiger partial charge < -0.3 is 24.1 Å². The summed E-state index contributed by atoms with van der Waals surface area (Å²) in [6.07, 6.45) is 1.15. The smallest absolute Gasteiger partial charge is 0.409 e. The van der Waals surface area contributed by atoms with Gasteiger partial charge in [0, 0.05) is 30.4 Å². The van der Waals surface area contributed by atoms with Crippen LogP contribution >= 0.6 is 0 Å². The fourth-order valence-electron chi connectivity index (χ4n) is 4.61. The van der Waals surface area contributed by atoms with E-state index in [4.69, 9.17) is 9.47 Å². The lowest BCUT2D eigenvalue weighted by atomic mass is 10.0. The first-order valence-corrected chi connectivity index (χ1v) is 12.1. The van der Waals surface area contributed by atoms with E-state index in [1.807, 2.05) is 19.1 Å². The third-order valence-corrected chi connectivity index (χ3v) is 6.45. The average Bonchev–Trinajstić information content (AvgIpc) is 3.24. The van der Waals surface area contributed by atoms with Gasteiger partial charge in [-0.1, -0.05) is 18.2 Å². The van der Waals surface area contributed by atoms with E-state index in [1.54, 1.807) is 40.9 Å². The molecule has 196 valence electrons. The quantitative estimate of drug-likeness (QED) is 0.407. The number of carbonyl (C=O) groups is 2. The molecular formula is C28H26F2N4O4. The third kappa shape index (κ3) is 5.08. The zero-order valence-corrected chi connectivity index (χ0v) is 20.9. The van der Waals surface area contributed by atoms with Gasteiger partial charge in [-0.25, -0.2) is 18.6 Å². The zero-order chi connectivity index (χ0) is 26.8. The first-order valence-electron chi connectivity index (χ1n) is 12.1. The maximum Gasteiger partial charge on any atom is 0.409 e. The SMILES string of the molecule is COC(=O)N1CCO[C@@H](Cc2c(-c3c(F)cc(NC(=O)c4ccccc4)cc3F)nc3cc(C)ccn23)C1. The molecule has 1 aliphatic rings. The van der Waals surface area contributed by atoms with E-state index in [9.17, 15) is 9.59 Å². The topological polar surface area (TPSA) is 85.2 Å².